The number of Topliss-reactive ketones (excluding diaryl/α,β-unsaturated/α-hetero) is 1. The Labute approximate surface area is 210 Å². The molecule has 190 valence electrons. The number of ketones is 1. The fraction of sp³-hybridized carbons (Fsp3) is 0.806. The Hall–Kier alpha value is -1.44. The number of carbonyl (C=O) groups excluding carboxylic acids is 1. The van der Waals surface area contributed by atoms with Gasteiger partial charge in [-0.1, -0.05) is 52.3 Å². The third kappa shape index (κ3) is 2.73. The van der Waals surface area contributed by atoms with E-state index in [1.54, 1.807) is 0 Å². The van der Waals surface area contributed by atoms with Crippen molar-refractivity contribution in [3.8, 4) is 6.07 Å². The summed E-state index contributed by atoms with van der Waals surface area (Å²) in [7, 11) is 0. The predicted molar refractivity (Wildman–Crippen MR) is 135 cm³/mol. The summed E-state index contributed by atoms with van der Waals surface area (Å²) in [5.74, 6) is 0.588. The standard InChI is InChI=1S/C31H43NO3/c1-26(2)22-6-7-28(4)23(27(22,3)15-19(17-32)25(26)35)14-21(34)24-20-16-30(9-10-30)11-13-31(20,18-33)12-8-29(24,28)5/h14-15,20-22,24,33-34H,6-13,16,18H2,1-5H3/t20-,21+,22-,24-,27-,28+,29+,31-/m0/s1. The molecule has 0 amide bonds. The third-order valence-electron chi connectivity index (χ3n) is 13.2. The van der Waals surface area contributed by atoms with Gasteiger partial charge in [-0.25, -0.2) is 0 Å². The molecule has 0 radical (unpaired) electrons. The predicted octanol–water partition coefficient (Wildman–Crippen LogP) is 5.74. The molecule has 0 saturated heterocycles. The lowest BCUT2D eigenvalue weighted by atomic mass is 9.34. The molecule has 8 atom stereocenters. The lowest BCUT2D eigenvalue weighted by Gasteiger charge is -2.70. The molecule has 4 saturated carbocycles. The number of aliphatic hydroxyl groups excluding tert-OH is 2. The molecule has 6 aliphatic rings. The van der Waals surface area contributed by atoms with Gasteiger partial charge in [0.05, 0.1) is 11.7 Å². The lowest BCUT2D eigenvalue weighted by Crippen LogP contribution is -2.65. The minimum Gasteiger partial charge on any atom is -0.396 e. The van der Waals surface area contributed by atoms with Crippen molar-refractivity contribution in [3.63, 3.8) is 0 Å². The number of hydrogen-bond acceptors (Lipinski definition) is 4. The summed E-state index contributed by atoms with van der Waals surface area (Å²) >= 11 is 0. The molecule has 6 aliphatic carbocycles. The van der Waals surface area contributed by atoms with Gasteiger partial charge in [0, 0.05) is 17.4 Å². The number of nitrogens with zero attached hydrogens (tertiary/aromatic N) is 1. The second-order valence-electron chi connectivity index (χ2n) is 14.8. The van der Waals surface area contributed by atoms with E-state index in [0.29, 0.717) is 11.3 Å². The molecule has 0 aliphatic heterocycles. The Morgan fingerprint density at radius 1 is 1.03 bits per heavy atom. The first-order valence-corrected chi connectivity index (χ1v) is 14.0. The van der Waals surface area contributed by atoms with Gasteiger partial charge in [0.1, 0.15) is 6.07 Å². The van der Waals surface area contributed by atoms with Crippen LogP contribution in [0.25, 0.3) is 0 Å². The summed E-state index contributed by atoms with van der Waals surface area (Å²) in [6.45, 7) is 11.4. The van der Waals surface area contributed by atoms with E-state index in [-0.39, 0.29) is 46.0 Å². The van der Waals surface area contributed by atoms with Crippen LogP contribution in [0.4, 0.5) is 0 Å². The van der Waals surface area contributed by atoms with Gasteiger partial charge in [0.25, 0.3) is 0 Å². The van der Waals surface area contributed by atoms with Crippen LogP contribution in [0.1, 0.15) is 92.4 Å². The van der Waals surface area contributed by atoms with E-state index in [9.17, 15) is 20.3 Å². The van der Waals surface area contributed by atoms with Crippen LogP contribution in [0, 0.1) is 61.6 Å². The summed E-state index contributed by atoms with van der Waals surface area (Å²) in [4.78, 5) is 13.2. The molecule has 1 spiro atoms. The normalized spacial score (nSPS) is 51.1. The van der Waals surface area contributed by atoms with Gasteiger partial charge in [0.2, 0.25) is 0 Å². The van der Waals surface area contributed by atoms with E-state index in [2.05, 4.69) is 32.9 Å². The van der Waals surface area contributed by atoms with Crippen LogP contribution >= 0.6 is 0 Å². The second-order valence-corrected chi connectivity index (χ2v) is 14.8. The maximum absolute atomic E-state index is 13.2. The van der Waals surface area contributed by atoms with E-state index in [1.807, 2.05) is 19.9 Å². The number of rotatable bonds is 1. The molecule has 0 aromatic rings. The summed E-state index contributed by atoms with van der Waals surface area (Å²) in [6.07, 6.45) is 13.7. The highest BCUT2D eigenvalue weighted by Gasteiger charge is 2.70. The van der Waals surface area contributed by atoms with Crippen LogP contribution in [0.5, 0.6) is 0 Å². The Bertz CT molecular complexity index is 1090. The van der Waals surface area contributed by atoms with E-state index in [0.717, 1.165) is 38.5 Å². The number of hydrogen-bond donors (Lipinski definition) is 2. The van der Waals surface area contributed by atoms with Gasteiger partial charge in [-0.15, -0.1) is 0 Å². The minimum atomic E-state index is -0.597. The van der Waals surface area contributed by atoms with Crippen molar-refractivity contribution >= 4 is 5.78 Å². The van der Waals surface area contributed by atoms with E-state index in [1.165, 1.54) is 24.8 Å². The Morgan fingerprint density at radius 2 is 1.69 bits per heavy atom. The van der Waals surface area contributed by atoms with Crippen molar-refractivity contribution in [2.45, 2.75) is 98.5 Å². The quantitative estimate of drug-likeness (QED) is 0.472. The Balaban J connectivity index is 1.51. The highest BCUT2D eigenvalue weighted by atomic mass is 16.3. The van der Waals surface area contributed by atoms with Gasteiger partial charge >= 0.3 is 0 Å². The molecule has 0 unspecified atom stereocenters. The number of allylic oxidation sites excluding steroid dienone is 3. The van der Waals surface area contributed by atoms with Gasteiger partial charge in [-0.05, 0) is 97.2 Å². The second kappa shape index (κ2) is 6.90. The fourth-order valence-corrected chi connectivity index (χ4v) is 10.7. The number of fused-ring (bicyclic) bond motifs is 7. The SMILES string of the molecule is CC1(C)C(=O)C(C#N)=C[C@]2(C)C3=C[C@@H](O)[C@@H]4[C@@H]5CC6(CC6)CC[C@]5(CO)CC[C@@]4(C)[C@]3(C)CC[C@@H]12. The van der Waals surface area contributed by atoms with Crippen molar-refractivity contribution < 1.29 is 15.0 Å². The van der Waals surface area contributed by atoms with Crippen LogP contribution < -0.4 is 0 Å². The van der Waals surface area contributed by atoms with Crippen LogP contribution in [0.15, 0.2) is 23.3 Å². The highest BCUT2D eigenvalue weighted by Crippen LogP contribution is 2.76. The van der Waals surface area contributed by atoms with E-state index in [4.69, 9.17) is 0 Å². The molecular weight excluding hydrogens is 434 g/mol. The average Bonchev–Trinajstić information content (AvgIpc) is 3.57. The van der Waals surface area contributed by atoms with Crippen molar-refractivity contribution in [1.82, 2.24) is 0 Å². The number of carbonyl (C=O) groups is 1. The maximum Gasteiger partial charge on any atom is 0.178 e. The molecule has 4 fully saturated rings. The molecule has 4 heteroatoms. The van der Waals surface area contributed by atoms with Gasteiger partial charge < -0.3 is 10.2 Å². The van der Waals surface area contributed by atoms with Gasteiger partial charge in [-0.2, -0.15) is 5.26 Å². The molecule has 0 aromatic carbocycles. The average molecular weight is 478 g/mol. The third-order valence-corrected chi connectivity index (χ3v) is 13.2. The smallest absolute Gasteiger partial charge is 0.178 e. The van der Waals surface area contributed by atoms with Crippen molar-refractivity contribution in [3.05, 3.63) is 23.3 Å². The summed E-state index contributed by atoms with van der Waals surface area (Å²) in [6, 6.07) is 2.21. The summed E-state index contributed by atoms with van der Waals surface area (Å²) in [5, 5.41) is 32.5. The summed E-state index contributed by atoms with van der Waals surface area (Å²) in [5.41, 5.74) is 0.767. The maximum atomic E-state index is 13.2. The van der Waals surface area contributed by atoms with E-state index >= 15 is 0 Å². The first-order chi connectivity index (χ1) is 16.3. The zero-order chi connectivity index (χ0) is 25.2. The van der Waals surface area contributed by atoms with Gasteiger partial charge in [0.15, 0.2) is 5.78 Å². The minimum absolute atomic E-state index is 0.0329. The molecule has 4 nitrogen and oxygen atoms in total. The lowest BCUT2D eigenvalue weighted by molar-refractivity contribution is -0.190. The fourth-order valence-electron chi connectivity index (χ4n) is 10.7. The van der Waals surface area contributed by atoms with Crippen LogP contribution in [-0.4, -0.2) is 28.7 Å². The van der Waals surface area contributed by atoms with Crippen LogP contribution in [0.3, 0.4) is 0 Å². The molecule has 6 rings (SSSR count). The molecule has 2 N–H and O–H groups in total. The first kappa shape index (κ1) is 23.9. The highest BCUT2D eigenvalue weighted by molar-refractivity contribution is 6.04. The largest absolute Gasteiger partial charge is 0.396 e. The Kier molecular flexibility index (Phi) is 4.72. The molecular formula is C31H43NO3. The van der Waals surface area contributed by atoms with Crippen LogP contribution in [-0.2, 0) is 4.79 Å². The van der Waals surface area contributed by atoms with Crippen molar-refractivity contribution in [1.29, 1.82) is 5.26 Å². The summed E-state index contributed by atoms with van der Waals surface area (Å²) < 4.78 is 0. The molecule has 0 heterocycles. The van der Waals surface area contributed by atoms with Crippen molar-refractivity contribution in [2.24, 2.45) is 50.2 Å². The van der Waals surface area contributed by atoms with Crippen LogP contribution in [0.2, 0.25) is 0 Å². The molecule has 0 bridgehead atoms. The Morgan fingerprint density at radius 3 is 2.31 bits per heavy atom. The monoisotopic (exact) mass is 477 g/mol. The molecule has 35 heavy (non-hydrogen) atoms. The number of nitriles is 1. The first-order valence-electron chi connectivity index (χ1n) is 14.0. The zero-order valence-corrected chi connectivity index (χ0v) is 22.3. The van der Waals surface area contributed by atoms with E-state index < -0.39 is 16.9 Å². The molecule has 0 aromatic heterocycles. The van der Waals surface area contributed by atoms with Crippen molar-refractivity contribution in [2.75, 3.05) is 6.61 Å². The zero-order valence-electron chi connectivity index (χ0n) is 22.3. The topological polar surface area (TPSA) is 81.3 Å². The van der Waals surface area contributed by atoms with Gasteiger partial charge in [-0.3, -0.25) is 4.79 Å². The number of aliphatic hydroxyl groups is 2.